The lowest BCUT2D eigenvalue weighted by atomic mass is 9.99. The topological polar surface area (TPSA) is 12.5 Å². The van der Waals surface area contributed by atoms with Gasteiger partial charge in [0.05, 0.1) is 5.60 Å². The molecule has 0 amide bonds. The van der Waals surface area contributed by atoms with E-state index in [1.54, 1.807) is 0 Å². The molecule has 1 aliphatic heterocycles. The summed E-state index contributed by atoms with van der Waals surface area (Å²) in [7, 11) is 1.88. The molecule has 138 valence electrons. The van der Waals surface area contributed by atoms with Gasteiger partial charge in [0.25, 0.3) is 0 Å². The highest BCUT2D eigenvalue weighted by atomic mass is 16.5. The van der Waals surface area contributed by atoms with Gasteiger partial charge in [-0.2, -0.15) is 0 Å². The zero-order chi connectivity index (χ0) is 17.0. The summed E-state index contributed by atoms with van der Waals surface area (Å²) in [5.41, 5.74) is 0.0999. The standard InChI is InChI=1S/C21H43NO/c1-5-7-9-11-13-15-20(16-14-12-10-8-6-2)22-18-17-21(3,19-22)23-4/h20H,5-19H2,1-4H3/t21-/m1/s1. The normalized spacial score (nSPS) is 22.3. The van der Waals surface area contributed by atoms with Crippen LogP contribution < -0.4 is 0 Å². The molecule has 0 radical (unpaired) electrons. The number of nitrogens with zero attached hydrogens (tertiary/aromatic N) is 1. The molecule has 0 aromatic rings. The van der Waals surface area contributed by atoms with Gasteiger partial charge in [-0.1, -0.05) is 78.1 Å². The van der Waals surface area contributed by atoms with Crippen LogP contribution in [0, 0.1) is 0 Å². The molecular formula is C21H43NO. The Labute approximate surface area is 146 Å². The fourth-order valence-corrected chi connectivity index (χ4v) is 3.92. The third kappa shape index (κ3) is 8.54. The molecule has 0 aliphatic carbocycles. The molecule has 0 saturated carbocycles. The Hall–Kier alpha value is -0.0800. The minimum Gasteiger partial charge on any atom is -0.377 e. The summed E-state index contributed by atoms with van der Waals surface area (Å²) >= 11 is 0. The highest BCUT2D eigenvalue weighted by Gasteiger charge is 2.36. The lowest BCUT2D eigenvalue weighted by Gasteiger charge is -2.30. The van der Waals surface area contributed by atoms with Gasteiger partial charge in [0, 0.05) is 26.2 Å². The summed E-state index contributed by atoms with van der Waals surface area (Å²) in [5, 5.41) is 0. The minimum atomic E-state index is 0.0999. The quantitative estimate of drug-likeness (QED) is 0.353. The lowest BCUT2D eigenvalue weighted by molar-refractivity contribution is 0.0100. The maximum absolute atomic E-state index is 5.75. The van der Waals surface area contributed by atoms with Crippen molar-refractivity contribution in [2.24, 2.45) is 0 Å². The number of rotatable bonds is 14. The van der Waals surface area contributed by atoms with Crippen LogP contribution in [-0.4, -0.2) is 36.7 Å². The van der Waals surface area contributed by atoms with E-state index < -0.39 is 0 Å². The van der Waals surface area contributed by atoms with Crippen LogP contribution >= 0.6 is 0 Å². The Morgan fingerprint density at radius 3 is 1.83 bits per heavy atom. The molecule has 1 heterocycles. The number of likely N-dealkylation sites (tertiary alicyclic amines) is 1. The zero-order valence-corrected chi connectivity index (χ0v) is 16.5. The average molecular weight is 326 g/mol. The van der Waals surface area contributed by atoms with Crippen LogP contribution in [0.1, 0.15) is 104 Å². The van der Waals surface area contributed by atoms with Crippen LogP contribution in [0.15, 0.2) is 0 Å². The molecule has 1 rings (SSSR count). The summed E-state index contributed by atoms with van der Waals surface area (Å²) in [6.07, 6.45) is 18.1. The monoisotopic (exact) mass is 325 g/mol. The van der Waals surface area contributed by atoms with E-state index in [1.165, 1.54) is 90.0 Å². The second-order valence-corrected chi connectivity index (χ2v) is 7.93. The first kappa shape index (κ1) is 21.0. The third-order valence-electron chi connectivity index (χ3n) is 5.76. The zero-order valence-electron chi connectivity index (χ0n) is 16.5. The Bertz CT molecular complexity index is 267. The Morgan fingerprint density at radius 1 is 0.870 bits per heavy atom. The summed E-state index contributed by atoms with van der Waals surface area (Å²) in [5.74, 6) is 0. The molecule has 0 bridgehead atoms. The van der Waals surface area contributed by atoms with Gasteiger partial charge in [-0.15, -0.1) is 0 Å². The highest BCUT2D eigenvalue weighted by molar-refractivity contribution is 4.90. The molecule has 0 spiro atoms. The fraction of sp³-hybridized carbons (Fsp3) is 1.00. The van der Waals surface area contributed by atoms with E-state index in [9.17, 15) is 0 Å². The van der Waals surface area contributed by atoms with E-state index in [1.807, 2.05) is 7.11 Å². The van der Waals surface area contributed by atoms with Crippen LogP contribution in [0.2, 0.25) is 0 Å². The molecule has 1 aliphatic rings. The van der Waals surface area contributed by atoms with Crippen molar-refractivity contribution in [3.05, 3.63) is 0 Å². The maximum atomic E-state index is 5.75. The highest BCUT2D eigenvalue weighted by Crippen LogP contribution is 2.29. The van der Waals surface area contributed by atoms with Crippen molar-refractivity contribution in [3.63, 3.8) is 0 Å². The van der Waals surface area contributed by atoms with Crippen molar-refractivity contribution in [2.45, 2.75) is 116 Å². The van der Waals surface area contributed by atoms with Crippen molar-refractivity contribution in [1.29, 1.82) is 0 Å². The summed E-state index contributed by atoms with van der Waals surface area (Å²) in [4.78, 5) is 2.74. The minimum absolute atomic E-state index is 0.0999. The molecule has 0 unspecified atom stereocenters. The Balaban J connectivity index is 2.35. The van der Waals surface area contributed by atoms with E-state index in [0.29, 0.717) is 0 Å². The summed E-state index contributed by atoms with van der Waals surface area (Å²) in [6, 6.07) is 0.801. The van der Waals surface area contributed by atoms with Crippen molar-refractivity contribution in [3.8, 4) is 0 Å². The molecule has 0 N–H and O–H groups in total. The van der Waals surface area contributed by atoms with E-state index >= 15 is 0 Å². The molecule has 1 atom stereocenters. The Morgan fingerprint density at radius 2 is 1.39 bits per heavy atom. The summed E-state index contributed by atoms with van der Waals surface area (Å²) < 4.78 is 5.75. The van der Waals surface area contributed by atoms with Gasteiger partial charge in [-0.25, -0.2) is 0 Å². The number of hydrogen-bond acceptors (Lipinski definition) is 2. The van der Waals surface area contributed by atoms with Crippen LogP contribution in [-0.2, 0) is 4.74 Å². The predicted molar refractivity (Wildman–Crippen MR) is 102 cm³/mol. The number of methoxy groups -OCH3 is 1. The third-order valence-corrected chi connectivity index (χ3v) is 5.76. The first-order valence-corrected chi connectivity index (χ1v) is 10.4. The van der Waals surface area contributed by atoms with Gasteiger partial charge in [-0.05, 0) is 26.2 Å². The molecule has 0 aromatic carbocycles. The second kappa shape index (κ2) is 12.3. The van der Waals surface area contributed by atoms with Gasteiger partial charge in [-0.3, -0.25) is 4.90 Å². The smallest absolute Gasteiger partial charge is 0.0789 e. The van der Waals surface area contributed by atoms with E-state index in [0.717, 1.165) is 12.6 Å². The average Bonchev–Trinajstić information content (AvgIpc) is 2.95. The summed E-state index contributed by atoms with van der Waals surface area (Å²) in [6.45, 7) is 9.26. The van der Waals surface area contributed by atoms with Crippen molar-refractivity contribution in [1.82, 2.24) is 4.90 Å². The molecule has 2 heteroatoms. The first-order valence-electron chi connectivity index (χ1n) is 10.4. The predicted octanol–water partition coefficient (Wildman–Crippen LogP) is 6.19. The lowest BCUT2D eigenvalue weighted by Crippen LogP contribution is -2.38. The van der Waals surface area contributed by atoms with Crippen molar-refractivity contribution >= 4 is 0 Å². The van der Waals surface area contributed by atoms with Gasteiger partial charge in [0.1, 0.15) is 0 Å². The molecule has 2 nitrogen and oxygen atoms in total. The largest absolute Gasteiger partial charge is 0.377 e. The van der Waals surface area contributed by atoms with Gasteiger partial charge in [0.15, 0.2) is 0 Å². The van der Waals surface area contributed by atoms with E-state index in [4.69, 9.17) is 4.74 Å². The van der Waals surface area contributed by atoms with Gasteiger partial charge >= 0.3 is 0 Å². The number of ether oxygens (including phenoxy) is 1. The second-order valence-electron chi connectivity index (χ2n) is 7.93. The van der Waals surface area contributed by atoms with Crippen LogP contribution in [0.5, 0.6) is 0 Å². The van der Waals surface area contributed by atoms with Gasteiger partial charge in [0.2, 0.25) is 0 Å². The van der Waals surface area contributed by atoms with E-state index in [2.05, 4.69) is 25.7 Å². The van der Waals surface area contributed by atoms with Crippen molar-refractivity contribution in [2.75, 3.05) is 20.2 Å². The fourth-order valence-electron chi connectivity index (χ4n) is 3.92. The molecule has 1 fully saturated rings. The van der Waals surface area contributed by atoms with Gasteiger partial charge < -0.3 is 4.74 Å². The van der Waals surface area contributed by atoms with Crippen LogP contribution in [0.3, 0.4) is 0 Å². The molecule has 23 heavy (non-hydrogen) atoms. The van der Waals surface area contributed by atoms with E-state index in [-0.39, 0.29) is 5.60 Å². The molecule has 0 aromatic heterocycles. The van der Waals surface area contributed by atoms with Crippen LogP contribution in [0.25, 0.3) is 0 Å². The maximum Gasteiger partial charge on any atom is 0.0789 e. The SMILES string of the molecule is CCCCCCCC(CCCCCCC)N1CC[C@@](C)(OC)C1. The first-order chi connectivity index (χ1) is 11.1. The molecule has 1 saturated heterocycles. The molecular weight excluding hydrogens is 282 g/mol. The Kier molecular flexibility index (Phi) is 11.2. The number of unbranched alkanes of at least 4 members (excludes halogenated alkanes) is 8. The van der Waals surface area contributed by atoms with Crippen LogP contribution in [0.4, 0.5) is 0 Å². The van der Waals surface area contributed by atoms with Crippen molar-refractivity contribution < 1.29 is 4.74 Å². The number of hydrogen-bond donors (Lipinski definition) is 0.